The van der Waals surface area contributed by atoms with E-state index in [-0.39, 0.29) is 29.4 Å². The molecule has 2 fully saturated rings. The molecule has 2 saturated heterocycles. The number of aryl methyl sites for hydroxylation is 1. The number of amides is 1. The summed E-state index contributed by atoms with van der Waals surface area (Å²) in [6.45, 7) is 6.69. The van der Waals surface area contributed by atoms with Crippen molar-refractivity contribution in [2.45, 2.75) is 71.4 Å². The number of anilines is 1. The largest absolute Gasteiger partial charge is 0.466 e. The number of halogens is 1. The van der Waals surface area contributed by atoms with Gasteiger partial charge in [0.05, 0.1) is 18.2 Å². The van der Waals surface area contributed by atoms with Crippen LogP contribution < -0.4 is 10.5 Å². The molecule has 40 heavy (non-hydrogen) atoms. The number of unbranched alkanes of at least 4 members (excludes halogenated alkanes) is 2. The molecule has 2 aromatic heterocycles. The van der Waals surface area contributed by atoms with Gasteiger partial charge in [0.2, 0.25) is 11.7 Å². The van der Waals surface area contributed by atoms with Crippen LogP contribution in [0.1, 0.15) is 58.8 Å². The van der Waals surface area contributed by atoms with Gasteiger partial charge < -0.3 is 14.5 Å². The number of imidazole rings is 1. The summed E-state index contributed by atoms with van der Waals surface area (Å²) in [5.74, 6) is 0.810. The van der Waals surface area contributed by atoms with E-state index < -0.39 is 0 Å². The van der Waals surface area contributed by atoms with Crippen LogP contribution in [0.5, 0.6) is 0 Å². The van der Waals surface area contributed by atoms with Crippen LogP contribution in [0.3, 0.4) is 0 Å². The smallest absolute Gasteiger partial charge is 0.310 e. The molecule has 0 saturated carbocycles. The second-order valence-electron chi connectivity index (χ2n) is 10.7. The predicted molar refractivity (Wildman–Crippen MR) is 156 cm³/mol. The lowest BCUT2D eigenvalue weighted by Gasteiger charge is -2.36. The maximum absolute atomic E-state index is 13.9. The normalized spacial score (nSPS) is 19.4. The average Bonchev–Trinajstić information content (AvgIpc) is 3.63. The minimum absolute atomic E-state index is 0.0177. The van der Waals surface area contributed by atoms with Crippen molar-refractivity contribution in [2.75, 3.05) is 31.1 Å². The zero-order valence-electron chi connectivity index (χ0n) is 23.4. The van der Waals surface area contributed by atoms with Crippen LogP contribution in [0, 0.1) is 5.92 Å². The topological polar surface area (TPSA) is 89.1 Å². The van der Waals surface area contributed by atoms with Gasteiger partial charge in [0.1, 0.15) is 11.9 Å². The number of nitrogens with zero attached hydrogens (tertiary/aromatic N) is 5. The SMILES string of the molecule is CCCCCn1c(N2CCC[C@H]2C(=O)N2CCC[C@H](C(=O)OCC)C2)cc(=O)n2cc(-c3ccc(Cl)cc3)nc12. The Bertz CT molecular complexity index is 1420. The Morgan fingerprint density at radius 1 is 1.07 bits per heavy atom. The number of hydrogen-bond acceptors (Lipinski definition) is 6. The molecule has 2 aliphatic rings. The molecule has 0 aliphatic carbocycles. The number of hydrogen-bond donors (Lipinski definition) is 0. The molecule has 3 aromatic rings. The van der Waals surface area contributed by atoms with E-state index in [2.05, 4.69) is 16.4 Å². The molecule has 0 unspecified atom stereocenters. The van der Waals surface area contributed by atoms with Crippen LogP contribution in [0.2, 0.25) is 5.02 Å². The average molecular weight is 568 g/mol. The van der Waals surface area contributed by atoms with Gasteiger partial charge in [-0.1, -0.05) is 43.5 Å². The zero-order chi connectivity index (χ0) is 28.2. The second kappa shape index (κ2) is 12.5. The summed E-state index contributed by atoms with van der Waals surface area (Å²) in [7, 11) is 0. The van der Waals surface area contributed by atoms with Crippen molar-refractivity contribution < 1.29 is 14.3 Å². The molecular formula is C30H38ClN5O4. The predicted octanol–water partition coefficient (Wildman–Crippen LogP) is 4.78. The van der Waals surface area contributed by atoms with Gasteiger partial charge >= 0.3 is 5.97 Å². The number of carbonyl (C=O) groups excluding carboxylic acids is 2. The fraction of sp³-hybridized carbons (Fsp3) is 0.533. The summed E-state index contributed by atoms with van der Waals surface area (Å²) in [6.07, 6.45) is 7.90. The van der Waals surface area contributed by atoms with E-state index in [1.807, 2.05) is 29.2 Å². The summed E-state index contributed by atoms with van der Waals surface area (Å²) < 4.78 is 8.94. The summed E-state index contributed by atoms with van der Waals surface area (Å²) in [5, 5.41) is 0.640. The van der Waals surface area contributed by atoms with E-state index in [0.717, 1.165) is 49.9 Å². The number of esters is 1. The maximum Gasteiger partial charge on any atom is 0.310 e. The van der Waals surface area contributed by atoms with Gasteiger partial charge in [0, 0.05) is 49.0 Å². The summed E-state index contributed by atoms with van der Waals surface area (Å²) in [4.78, 5) is 48.5. The first kappa shape index (κ1) is 28.2. The van der Waals surface area contributed by atoms with Gasteiger partial charge in [-0.2, -0.15) is 0 Å². The third-order valence-corrected chi connectivity index (χ3v) is 8.26. The maximum atomic E-state index is 13.9. The Morgan fingerprint density at radius 2 is 1.85 bits per heavy atom. The fourth-order valence-electron chi connectivity index (χ4n) is 5.95. The molecule has 214 valence electrons. The molecule has 9 nitrogen and oxygen atoms in total. The fourth-order valence-corrected chi connectivity index (χ4v) is 6.08. The molecule has 1 aromatic carbocycles. The van der Waals surface area contributed by atoms with Crippen molar-refractivity contribution in [3.63, 3.8) is 0 Å². The highest BCUT2D eigenvalue weighted by molar-refractivity contribution is 6.30. The van der Waals surface area contributed by atoms with E-state index in [1.165, 1.54) is 0 Å². The van der Waals surface area contributed by atoms with Crippen molar-refractivity contribution in [3.8, 4) is 11.3 Å². The lowest BCUT2D eigenvalue weighted by molar-refractivity contribution is -0.151. The van der Waals surface area contributed by atoms with Gasteiger partial charge in [0.15, 0.2) is 0 Å². The van der Waals surface area contributed by atoms with Gasteiger partial charge in [-0.25, -0.2) is 4.98 Å². The van der Waals surface area contributed by atoms with E-state index in [9.17, 15) is 14.4 Å². The molecule has 10 heteroatoms. The van der Waals surface area contributed by atoms with Crippen LogP contribution in [-0.2, 0) is 20.9 Å². The lowest BCUT2D eigenvalue weighted by atomic mass is 9.97. The van der Waals surface area contributed by atoms with Gasteiger partial charge in [-0.15, -0.1) is 0 Å². The monoisotopic (exact) mass is 567 g/mol. The minimum Gasteiger partial charge on any atom is -0.466 e. The third kappa shape index (κ3) is 5.75. The number of fused-ring (bicyclic) bond motifs is 1. The number of likely N-dealkylation sites (tertiary alicyclic amines) is 1. The summed E-state index contributed by atoms with van der Waals surface area (Å²) in [6, 6.07) is 8.68. The van der Waals surface area contributed by atoms with Crippen LogP contribution in [-0.4, -0.2) is 63.0 Å². The number of carbonyl (C=O) groups is 2. The summed E-state index contributed by atoms with van der Waals surface area (Å²) in [5.41, 5.74) is 1.40. The highest BCUT2D eigenvalue weighted by atomic mass is 35.5. The molecule has 1 amide bonds. The molecule has 4 heterocycles. The van der Waals surface area contributed by atoms with Crippen molar-refractivity contribution in [2.24, 2.45) is 5.92 Å². The van der Waals surface area contributed by atoms with Crippen LogP contribution >= 0.6 is 11.6 Å². The van der Waals surface area contributed by atoms with Crippen molar-refractivity contribution in [1.29, 1.82) is 0 Å². The number of aromatic nitrogens is 3. The Balaban J connectivity index is 1.49. The van der Waals surface area contributed by atoms with Gasteiger partial charge in [-0.3, -0.25) is 23.4 Å². The van der Waals surface area contributed by atoms with E-state index in [1.54, 1.807) is 23.6 Å². The molecular weight excluding hydrogens is 530 g/mol. The van der Waals surface area contributed by atoms with E-state index >= 15 is 0 Å². The molecule has 0 bridgehead atoms. The molecule has 0 radical (unpaired) electrons. The van der Waals surface area contributed by atoms with Gasteiger partial charge in [0.25, 0.3) is 5.56 Å². The zero-order valence-corrected chi connectivity index (χ0v) is 24.1. The van der Waals surface area contributed by atoms with Crippen LogP contribution in [0.15, 0.2) is 41.3 Å². The molecule has 5 rings (SSSR count). The standard InChI is InChI=1S/C30H38ClN5O4/c1-3-5-6-16-35-26(18-27(37)36-20-24(32-30(35)36)21-11-13-23(31)14-12-21)34-17-8-10-25(34)28(38)33-15-7-9-22(19-33)29(39)40-4-2/h11-14,18,20,22,25H,3-10,15-17,19H2,1-2H3/t22-,25-/m0/s1. The van der Waals surface area contributed by atoms with E-state index in [0.29, 0.717) is 55.7 Å². The molecule has 2 atom stereocenters. The van der Waals surface area contributed by atoms with Crippen molar-refractivity contribution >= 4 is 35.1 Å². The highest BCUT2D eigenvalue weighted by Crippen LogP contribution is 2.30. The quantitative estimate of drug-likeness (QED) is 0.273. The number of ether oxygens (including phenoxy) is 1. The number of benzene rings is 1. The van der Waals surface area contributed by atoms with Crippen molar-refractivity contribution in [1.82, 2.24) is 18.9 Å². The first-order valence-electron chi connectivity index (χ1n) is 14.5. The number of piperidine rings is 1. The highest BCUT2D eigenvalue weighted by Gasteiger charge is 2.38. The van der Waals surface area contributed by atoms with Crippen LogP contribution in [0.25, 0.3) is 17.0 Å². The minimum atomic E-state index is -0.383. The lowest BCUT2D eigenvalue weighted by Crippen LogP contribution is -2.51. The molecule has 2 aliphatic heterocycles. The molecule has 0 spiro atoms. The third-order valence-electron chi connectivity index (χ3n) is 8.01. The first-order chi connectivity index (χ1) is 19.4. The number of rotatable bonds is 9. The first-order valence-corrected chi connectivity index (χ1v) is 14.9. The van der Waals surface area contributed by atoms with E-state index in [4.69, 9.17) is 21.3 Å². The summed E-state index contributed by atoms with van der Waals surface area (Å²) >= 11 is 6.09. The Labute approximate surface area is 239 Å². The Morgan fingerprint density at radius 3 is 2.60 bits per heavy atom. The molecule has 0 N–H and O–H groups in total. The Hall–Kier alpha value is -3.33. The second-order valence-corrected chi connectivity index (χ2v) is 11.2. The van der Waals surface area contributed by atoms with Gasteiger partial charge in [-0.05, 0) is 51.2 Å². The van der Waals surface area contributed by atoms with Crippen molar-refractivity contribution in [3.05, 3.63) is 51.9 Å². The van der Waals surface area contributed by atoms with Crippen LogP contribution in [0.4, 0.5) is 5.82 Å². The Kier molecular flexibility index (Phi) is 8.78.